The van der Waals surface area contributed by atoms with Gasteiger partial charge in [-0.25, -0.2) is 0 Å². The average molecular weight is 260 g/mol. The molecule has 0 aromatic heterocycles. The standard InChI is InChI=1S/C13H28N2O3/c1-13(2,3)11(14)12(16)15-7-5-6-8-18-10-9-17-4/h11H,5-10,14H2,1-4H3,(H,15,16)/t11-/m0/s1. The quantitative estimate of drug-likeness (QED) is 0.605. The van der Waals surface area contributed by atoms with Gasteiger partial charge in [0, 0.05) is 20.3 Å². The van der Waals surface area contributed by atoms with Gasteiger partial charge in [0.15, 0.2) is 0 Å². The van der Waals surface area contributed by atoms with Gasteiger partial charge in [0.05, 0.1) is 19.3 Å². The molecule has 0 radical (unpaired) electrons. The van der Waals surface area contributed by atoms with Crippen molar-refractivity contribution in [2.45, 2.75) is 39.7 Å². The molecule has 1 amide bonds. The van der Waals surface area contributed by atoms with Gasteiger partial charge >= 0.3 is 0 Å². The Morgan fingerprint density at radius 1 is 1.22 bits per heavy atom. The van der Waals surface area contributed by atoms with Crippen molar-refractivity contribution in [2.24, 2.45) is 11.1 Å². The summed E-state index contributed by atoms with van der Waals surface area (Å²) in [6, 6.07) is -0.463. The fourth-order valence-corrected chi connectivity index (χ4v) is 1.29. The van der Waals surface area contributed by atoms with Crippen LogP contribution in [0.5, 0.6) is 0 Å². The number of nitrogens with two attached hydrogens (primary N) is 1. The first-order valence-electron chi connectivity index (χ1n) is 6.49. The van der Waals surface area contributed by atoms with Crippen LogP contribution < -0.4 is 11.1 Å². The van der Waals surface area contributed by atoms with E-state index in [1.807, 2.05) is 20.8 Å². The monoisotopic (exact) mass is 260 g/mol. The molecule has 0 fully saturated rings. The second-order valence-corrected chi connectivity index (χ2v) is 5.45. The number of amides is 1. The lowest BCUT2D eigenvalue weighted by molar-refractivity contribution is -0.124. The molecule has 108 valence electrons. The van der Waals surface area contributed by atoms with Crippen molar-refractivity contribution in [3.8, 4) is 0 Å². The number of hydrogen-bond donors (Lipinski definition) is 2. The SMILES string of the molecule is COCCOCCCCNC(=O)[C@H](N)C(C)(C)C. The molecule has 0 heterocycles. The van der Waals surface area contributed by atoms with Crippen LogP contribution in [0, 0.1) is 5.41 Å². The van der Waals surface area contributed by atoms with Crippen LogP contribution in [-0.2, 0) is 14.3 Å². The summed E-state index contributed by atoms with van der Waals surface area (Å²) in [4.78, 5) is 11.7. The van der Waals surface area contributed by atoms with Crippen LogP contribution in [0.4, 0.5) is 0 Å². The Balaban J connectivity index is 3.47. The largest absolute Gasteiger partial charge is 0.382 e. The predicted octanol–water partition coefficient (Wildman–Crippen LogP) is 0.919. The first kappa shape index (κ1) is 17.4. The highest BCUT2D eigenvalue weighted by Crippen LogP contribution is 2.16. The Hall–Kier alpha value is -0.650. The maximum atomic E-state index is 11.7. The Labute approximate surface area is 110 Å². The molecule has 0 aliphatic rings. The zero-order chi connectivity index (χ0) is 14.0. The molecule has 3 N–H and O–H groups in total. The third-order valence-electron chi connectivity index (χ3n) is 2.66. The second kappa shape index (κ2) is 9.30. The van der Waals surface area contributed by atoms with Crippen LogP contribution in [0.3, 0.4) is 0 Å². The van der Waals surface area contributed by atoms with Crippen LogP contribution in [0.15, 0.2) is 0 Å². The van der Waals surface area contributed by atoms with Gasteiger partial charge < -0.3 is 20.5 Å². The molecule has 0 saturated carbocycles. The molecule has 0 bridgehead atoms. The predicted molar refractivity (Wildman–Crippen MR) is 72.4 cm³/mol. The van der Waals surface area contributed by atoms with Gasteiger partial charge in [-0.3, -0.25) is 4.79 Å². The second-order valence-electron chi connectivity index (χ2n) is 5.45. The molecule has 0 rings (SSSR count). The molecule has 0 saturated heterocycles. The van der Waals surface area contributed by atoms with Gasteiger partial charge in [-0.15, -0.1) is 0 Å². The third kappa shape index (κ3) is 8.44. The molecule has 0 unspecified atom stereocenters. The van der Waals surface area contributed by atoms with Gasteiger partial charge in [-0.1, -0.05) is 20.8 Å². The van der Waals surface area contributed by atoms with Crippen LogP contribution in [-0.4, -0.2) is 45.4 Å². The summed E-state index contributed by atoms with van der Waals surface area (Å²) in [5.74, 6) is -0.0807. The minimum Gasteiger partial charge on any atom is -0.382 e. The minimum absolute atomic E-state index is 0.0807. The maximum absolute atomic E-state index is 11.7. The van der Waals surface area contributed by atoms with Crippen molar-refractivity contribution in [1.82, 2.24) is 5.32 Å². The smallest absolute Gasteiger partial charge is 0.237 e. The van der Waals surface area contributed by atoms with E-state index in [1.54, 1.807) is 7.11 Å². The summed E-state index contributed by atoms with van der Waals surface area (Å²) < 4.78 is 10.2. The van der Waals surface area contributed by atoms with E-state index >= 15 is 0 Å². The minimum atomic E-state index is -0.463. The fourth-order valence-electron chi connectivity index (χ4n) is 1.29. The Morgan fingerprint density at radius 2 is 1.89 bits per heavy atom. The fraction of sp³-hybridized carbons (Fsp3) is 0.923. The summed E-state index contributed by atoms with van der Waals surface area (Å²) >= 11 is 0. The number of methoxy groups -OCH3 is 1. The number of rotatable bonds is 9. The van der Waals surface area contributed by atoms with Crippen molar-refractivity contribution in [1.29, 1.82) is 0 Å². The van der Waals surface area contributed by atoms with Gasteiger partial charge in [0.2, 0.25) is 5.91 Å². The van der Waals surface area contributed by atoms with E-state index < -0.39 is 6.04 Å². The molecule has 0 aliphatic heterocycles. The zero-order valence-electron chi connectivity index (χ0n) is 12.1. The number of hydrogen-bond acceptors (Lipinski definition) is 4. The van der Waals surface area contributed by atoms with Gasteiger partial charge in [0.25, 0.3) is 0 Å². The molecular weight excluding hydrogens is 232 g/mol. The van der Waals surface area contributed by atoms with Gasteiger partial charge in [-0.05, 0) is 18.3 Å². The summed E-state index contributed by atoms with van der Waals surface area (Å²) in [6.45, 7) is 8.47. The lowest BCUT2D eigenvalue weighted by atomic mass is 9.87. The van der Waals surface area contributed by atoms with E-state index in [0.29, 0.717) is 26.4 Å². The average Bonchev–Trinajstić information content (AvgIpc) is 2.30. The van der Waals surface area contributed by atoms with Gasteiger partial charge in [0.1, 0.15) is 0 Å². The molecule has 0 aromatic rings. The summed E-state index contributed by atoms with van der Waals surface area (Å²) in [7, 11) is 1.65. The van der Waals surface area contributed by atoms with Crippen molar-refractivity contribution >= 4 is 5.91 Å². The van der Waals surface area contributed by atoms with E-state index in [9.17, 15) is 4.79 Å². The number of nitrogens with one attached hydrogen (secondary N) is 1. The molecule has 18 heavy (non-hydrogen) atoms. The molecule has 0 aromatic carbocycles. The third-order valence-corrected chi connectivity index (χ3v) is 2.66. The summed E-state index contributed by atoms with van der Waals surface area (Å²) in [6.07, 6.45) is 1.82. The van der Waals surface area contributed by atoms with Crippen LogP contribution in [0.2, 0.25) is 0 Å². The van der Waals surface area contributed by atoms with Crippen molar-refractivity contribution < 1.29 is 14.3 Å². The Bertz CT molecular complexity index is 227. The van der Waals surface area contributed by atoms with E-state index in [1.165, 1.54) is 0 Å². The Kier molecular flexibility index (Phi) is 8.97. The molecule has 1 atom stereocenters. The zero-order valence-corrected chi connectivity index (χ0v) is 12.1. The number of unbranched alkanes of at least 4 members (excludes halogenated alkanes) is 1. The topological polar surface area (TPSA) is 73.6 Å². The van der Waals surface area contributed by atoms with Crippen LogP contribution in [0.25, 0.3) is 0 Å². The number of carbonyl (C=O) groups excluding carboxylic acids is 1. The van der Waals surface area contributed by atoms with E-state index in [-0.39, 0.29) is 11.3 Å². The van der Waals surface area contributed by atoms with Crippen LogP contribution in [0.1, 0.15) is 33.6 Å². The highest BCUT2D eigenvalue weighted by atomic mass is 16.5. The van der Waals surface area contributed by atoms with E-state index in [4.69, 9.17) is 15.2 Å². The molecule has 0 spiro atoms. The maximum Gasteiger partial charge on any atom is 0.237 e. The lowest BCUT2D eigenvalue weighted by Crippen LogP contribution is -2.48. The number of carbonyl (C=O) groups is 1. The highest BCUT2D eigenvalue weighted by Gasteiger charge is 2.26. The summed E-state index contributed by atoms with van der Waals surface area (Å²) in [5.41, 5.74) is 5.64. The lowest BCUT2D eigenvalue weighted by Gasteiger charge is -2.25. The first-order valence-corrected chi connectivity index (χ1v) is 6.49. The van der Waals surface area contributed by atoms with Gasteiger partial charge in [-0.2, -0.15) is 0 Å². The normalized spacial score (nSPS) is 13.4. The highest BCUT2D eigenvalue weighted by molar-refractivity contribution is 5.82. The first-order chi connectivity index (χ1) is 8.39. The van der Waals surface area contributed by atoms with Crippen molar-refractivity contribution in [3.63, 3.8) is 0 Å². The van der Waals surface area contributed by atoms with E-state index in [0.717, 1.165) is 12.8 Å². The molecule has 0 aliphatic carbocycles. The van der Waals surface area contributed by atoms with Crippen molar-refractivity contribution in [2.75, 3.05) is 33.5 Å². The Morgan fingerprint density at radius 3 is 2.44 bits per heavy atom. The molecule has 5 heteroatoms. The van der Waals surface area contributed by atoms with E-state index in [2.05, 4.69) is 5.32 Å². The molecule has 5 nitrogen and oxygen atoms in total. The van der Waals surface area contributed by atoms with Crippen LogP contribution >= 0.6 is 0 Å². The van der Waals surface area contributed by atoms with Crippen molar-refractivity contribution in [3.05, 3.63) is 0 Å². The number of ether oxygens (including phenoxy) is 2. The summed E-state index contributed by atoms with van der Waals surface area (Å²) in [5, 5.41) is 2.85. The molecular formula is C13H28N2O3.